The number of aliphatic hydroxyl groups excluding tert-OH is 1. The van der Waals surface area contributed by atoms with Crippen LogP contribution in [0.15, 0.2) is 6.07 Å². The summed E-state index contributed by atoms with van der Waals surface area (Å²) in [6.07, 6.45) is 0. The molecule has 0 fully saturated rings. The summed E-state index contributed by atoms with van der Waals surface area (Å²) >= 11 is 0. The zero-order valence-corrected chi connectivity index (χ0v) is 9.83. The maximum atomic E-state index is 14.1. The predicted octanol–water partition coefficient (Wildman–Crippen LogP) is 1.70. The molecule has 0 saturated heterocycles. The van der Waals surface area contributed by atoms with Gasteiger partial charge in [0.2, 0.25) is 0 Å². The van der Waals surface area contributed by atoms with Crippen LogP contribution in [-0.2, 0) is 0 Å². The van der Waals surface area contributed by atoms with Crippen LogP contribution < -0.4 is 14.2 Å². The third-order valence-electron chi connectivity index (χ3n) is 2.76. The van der Waals surface area contributed by atoms with Crippen molar-refractivity contribution in [3.63, 3.8) is 0 Å². The second-order valence-electron chi connectivity index (χ2n) is 3.91. The van der Waals surface area contributed by atoms with E-state index in [-0.39, 0.29) is 18.3 Å². The molecule has 0 bridgehead atoms. The van der Waals surface area contributed by atoms with Crippen LogP contribution in [0.2, 0.25) is 0 Å². The molecule has 0 amide bonds. The van der Waals surface area contributed by atoms with Crippen molar-refractivity contribution in [1.82, 2.24) is 0 Å². The fourth-order valence-electron chi connectivity index (χ4n) is 1.84. The summed E-state index contributed by atoms with van der Waals surface area (Å²) in [4.78, 5) is 0. The van der Waals surface area contributed by atoms with Crippen LogP contribution in [0, 0.1) is 5.82 Å². The molecule has 2 rings (SSSR count). The molecule has 0 aliphatic carbocycles. The standard InChI is InChI=1S/C12H15FO4/c1-7(6-14)10-11(13)8(15-2)5-9-12(10)17-4-3-16-9/h5,7,14H,3-4,6H2,1-2H3. The minimum absolute atomic E-state index is 0.101. The van der Waals surface area contributed by atoms with Gasteiger partial charge in [-0.05, 0) is 0 Å². The number of hydrogen-bond acceptors (Lipinski definition) is 4. The van der Waals surface area contributed by atoms with Gasteiger partial charge in [-0.1, -0.05) is 6.92 Å². The largest absolute Gasteiger partial charge is 0.494 e. The first-order valence-corrected chi connectivity index (χ1v) is 5.45. The molecule has 1 aliphatic rings. The number of benzene rings is 1. The number of methoxy groups -OCH3 is 1. The van der Waals surface area contributed by atoms with Gasteiger partial charge in [0, 0.05) is 24.2 Å². The van der Waals surface area contributed by atoms with Crippen molar-refractivity contribution in [2.45, 2.75) is 12.8 Å². The third kappa shape index (κ3) is 2.02. The Kier molecular flexibility index (Phi) is 3.38. The third-order valence-corrected chi connectivity index (χ3v) is 2.76. The topological polar surface area (TPSA) is 47.9 Å². The lowest BCUT2D eigenvalue weighted by atomic mass is 9.99. The molecule has 0 radical (unpaired) electrons. The molecule has 0 spiro atoms. The van der Waals surface area contributed by atoms with Crippen molar-refractivity contribution in [2.75, 3.05) is 26.9 Å². The highest BCUT2D eigenvalue weighted by Gasteiger charge is 2.26. The monoisotopic (exact) mass is 242 g/mol. The zero-order chi connectivity index (χ0) is 12.4. The van der Waals surface area contributed by atoms with E-state index in [2.05, 4.69) is 0 Å². The number of rotatable bonds is 3. The van der Waals surface area contributed by atoms with Gasteiger partial charge in [0.15, 0.2) is 23.1 Å². The van der Waals surface area contributed by atoms with E-state index in [4.69, 9.17) is 14.2 Å². The van der Waals surface area contributed by atoms with E-state index in [1.165, 1.54) is 13.2 Å². The first-order valence-electron chi connectivity index (χ1n) is 5.45. The Bertz CT molecular complexity index is 419. The van der Waals surface area contributed by atoms with Crippen LogP contribution in [-0.4, -0.2) is 32.0 Å². The van der Waals surface area contributed by atoms with Crippen molar-refractivity contribution < 1.29 is 23.7 Å². The molecule has 1 atom stereocenters. The molecule has 1 heterocycles. The van der Waals surface area contributed by atoms with E-state index in [1.54, 1.807) is 6.92 Å². The lowest BCUT2D eigenvalue weighted by Gasteiger charge is -2.24. The van der Waals surface area contributed by atoms with Crippen molar-refractivity contribution in [3.05, 3.63) is 17.4 Å². The molecule has 5 heteroatoms. The molecule has 1 unspecified atom stereocenters. The number of halogens is 1. The predicted molar refractivity (Wildman–Crippen MR) is 59.4 cm³/mol. The average molecular weight is 242 g/mol. The molecule has 1 aromatic carbocycles. The van der Waals surface area contributed by atoms with Crippen molar-refractivity contribution in [2.24, 2.45) is 0 Å². The highest BCUT2D eigenvalue weighted by Crippen LogP contribution is 2.43. The fourth-order valence-corrected chi connectivity index (χ4v) is 1.84. The van der Waals surface area contributed by atoms with Gasteiger partial charge in [-0.15, -0.1) is 0 Å². The minimum Gasteiger partial charge on any atom is -0.494 e. The molecule has 1 aliphatic heterocycles. The second kappa shape index (κ2) is 4.79. The summed E-state index contributed by atoms with van der Waals surface area (Å²) in [7, 11) is 1.39. The van der Waals surface area contributed by atoms with Crippen LogP contribution in [0.4, 0.5) is 4.39 Å². The summed E-state index contributed by atoms with van der Waals surface area (Å²) in [6, 6.07) is 1.47. The summed E-state index contributed by atoms with van der Waals surface area (Å²) in [5, 5.41) is 9.17. The first-order chi connectivity index (χ1) is 8.19. The van der Waals surface area contributed by atoms with Gasteiger partial charge >= 0.3 is 0 Å². The lowest BCUT2D eigenvalue weighted by Crippen LogP contribution is -2.19. The summed E-state index contributed by atoms with van der Waals surface area (Å²) < 4.78 is 29.9. The summed E-state index contributed by atoms with van der Waals surface area (Å²) in [5.74, 6) is 0.0595. The Morgan fingerprint density at radius 3 is 2.82 bits per heavy atom. The van der Waals surface area contributed by atoms with Crippen LogP contribution >= 0.6 is 0 Å². The van der Waals surface area contributed by atoms with E-state index in [1.807, 2.05) is 0 Å². The normalized spacial score (nSPS) is 15.5. The second-order valence-corrected chi connectivity index (χ2v) is 3.91. The van der Waals surface area contributed by atoms with E-state index in [0.29, 0.717) is 30.3 Å². The van der Waals surface area contributed by atoms with E-state index in [0.717, 1.165) is 0 Å². The highest BCUT2D eigenvalue weighted by atomic mass is 19.1. The van der Waals surface area contributed by atoms with Gasteiger partial charge in [0.05, 0.1) is 7.11 Å². The van der Waals surface area contributed by atoms with Gasteiger partial charge in [-0.3, -0.25) is 0 Å². The maximum Gasteiger partial charge on any atom is 0.172 e. The molecule has 17 heavy (non-hydrogen) atoms. The van der Waals surface area contributed by atoms with Crippen LogP contribution in [0.3, 0.4) is 0 Å². The molecule has 1 N–H and O–H groups in total. The zero-order valence-electron chi connectivity index (χ0n) is 9.83. The SMILES string of the molecule is COc1cc2c(c(C(C)CO)c1F)OCCO2. The van der Waals surface area contributed by atoms with E-state index >= 15 is 0 Å². The van der Waals surface area contributed by atoms with Crippen molar-refractivity contribution in [3.8, 4) is 17.2 Å². The first kappa shape index (κ1) is 12.0. The van der Waals surface area contributed by atoms with E-state index in [9.17, 15) is 9.50 Å². The van der Waals surface area contributed by atoms with Crippen LogP contribution in [0.25, 0.3) is 0 Å². The number of hydrogen-bond donors (Lipinski definition) is 1. The molecule has 0 saturated carbocycles. The Balaban J connectivity index is 2.59. The smallest absolute Gasteiger partial charge is 0.172 e. The van der Waals surface area contributed by atoms with E-state index < -0.39 is 5.82 Å². The molecular formula is C12H15FO4. The number of ether oxygens (including phenoxy) is 3. The van der Waals surface area contributed by atoms with Gasteiger partial charge in [0.1, 0.15) is 13.2 Å². The summed E-state index contributed by atoms with van der Waals surface area (Å²) in [5.41, 5.74) is 0.307. The van der Waals surface area contributed by atoms with Crippen molar-refractivity contribution >= 4 is 0 Å². The molecule has 1 aromatic rings. The van der Waals surface area contributed by atoms with Crippen LogP contribution in [0.5, 0.6) is 17.2 Å². The van der Waals surface area contributed by atoms with Crippen molar-refractivity contribution in [1.29, 1.82) is 0 Å². The minimum atomic E-state index is -0.502. The molecule has 4 nitrogen and oxygen atoms in total. The quantitative estimate of drug-likeness (QED) is 0.876. The Morgan fingerprint density at radius 2 is 2.18 bits per heavy atom. The number of fused-ring (bicyclic) bond motifs is 1. The Labute approximate surface area is 98.9 Å². The summed E-state index contributed by atoms with van der Waals surface area (Å²) in [6.45, 7) is 2.36. The average Bonchev–Trinajstić information content (AvgIpc) is 2.37. The Hall–Kier alpha value is -1.49. The number of aliphatic hydroxyl groups is 1. The van der Waals surface area contributed by atoms with Gasteiger partial charge in [-0.25, -0.2) is 4.39 Å². The molecule has 0 aromatic heterocycles. The maximum absolute atomic E-state index is 14.1. The molecule has 94 valence electrons. The van der Waals surface area contributed by atoms with Crippen LogP contribution in [0.1, 0.15) is 18.4 Å². The Morgan fingerprint density at radius 1 is 1.47 bits per heavy atom. The van der Waals surface area contributed by atoms with Gasteiger partial charge in [-0.2, -0.15) is 0 Å². The van der Waals surface area contributed by atoms with Gasteiger partial charge in [0.25, 0.3) is 0 Å². The molecular weight excluding hydrogens is 227 g/mol. The lowest BCUT2D eigenvalue weighted by molar-refractivity contribution is 0.164. The fraction of sp³-hybridized carbons (Fsp3) is 0.500. The van der Waals surface area contributed by atoms with Gasteiger partial charge < -0.3 is 19.3 Å². The highest BCUT2D eigenvalue weighted by molar-refractivity contribution is 5.54.